The van der Waals surface area contributed by atoms with Crippen LogP contribution in [-0.2, 0) is 11.8 Å². The van der Waals surface area contributed by atoms with Crippen LogP contribution in [0.5, 0.6) is 11.5 Å². The van der Waals surface area contributed by atoms with Crippen LogP contribution in [0.15, 0.2) is 90.9 Å². The number of para-hydroxylation sites is 3. The second-order valence-electron chi connectivity index (χ2n) is 6.88. The number of nitrogens with zero attached hydrogens (tertiary/aromatic N) is 4. The molecule has 4 rings (SSSR count). The number of carbonyl (C=O) groups is 1. The molecule has 1 amide bonds. The van der Waals surface area contributed by atoms with Crippen molar-refractivity contribution in [2.75, 3.05) is 5.32 Å². The van der Waals surface area contributed by atoms with Crippen molar-refractivity contribution in [3.8, 4) is 28.8 Å². The van der Waals surface area contributed by atoms with E-state index in [1.165, 1.54) is 6.08 Å². The highest BCUT2D eigenvalue weighted by Gasteiger charge is 2.16. The molecule has 0 saturated carbocycles. The lowest BCUT2D eigenvalue weighted by atomic mass is 10.1. The highest BCUT2D eigenvalue weighted by Crippen LogP contribution is 2.30. The first kappa shape index (κ1) is 20.6. The smallest absolute Gasteiger partial charge is 0.266 e. The van der Waals surface area contributed by atoms with Gasteiger partial charge in [0.2, 0.25) is 0 Å². The summed E-state index contributed by atoms with van der Waals surface area (Å²) in [6, 6.07) is 22.0. The van der Waals surface area contributed by atoms with Crippen molar-refractivity contribution < 1.29 is 9.53 Å². The van der Waals surface area contributed by atoms with Crippen molar-refractivity contribution in [1.82, 2.24) is 14.8 Å². The van der Waals surface area contributed by atoms with Crippen molar-refractivity contribution in [3.05, 3.63) is 96.5 Å². The Hall–Kier alpha value is -4.70. The van der Waals surface area contributed by atoms with Gasteiger partial charge in [0.15, 0.2) is 5.75 Å². The van der Waals surface area contributed by atoms with Crippen molar-refractivity contribution >= 4 is 17.7 Å². The number of nitrogens with one attached hydrogen (secondary N) is 1. The van der Waals surface area contributed by atoms with Crippen LogP contribution in [0, 0.1) is 11.3 Å². The van der Waals surface area contributed by atoms with Crippen LogP contribution < -0.4 is 10.1 Å². The van der Waals surface area contributed by atoms with Crippen molar-refractivity contribution in [2.24, 2.45) is 7.05 Å². The van der Waals surface area contributed by atoms with E-state index in [0.29, 0.717) is 28.4 Å². The molecule has 1 N–H and O–H groups in total. The number of carbonyl (C=O) groups excluding carboxylic acids is 1. The number of aromatic nitrogens is 3. The number of benzene rings is 2. The molecule has 0 atom stereocenters. The lowest BCUT2D eigenvalue weighted by Gasteiger charge is -2.12. The van der Waals surface area contributed by atoms with E-state index in [0.717, 1.165) is 5.56 Å². The maximum atomic E-state index is 12.9. The normalized spacial score (nSPS) is 10.9. The number of amides is 1. The van der Waals surface area contributed by atoms with Gasteiger partial charge in [-0.2, -0.15) is 10.4 Å². The standard InChI is InChI=1S/C25H19N5O2/c1-30-17-20(24(29-30)18-11-13-27-14-12-18)15-19(16-26)25(31)28-22-9-5-6-10-23(22)32-21-7-3-2-4-8-21/h2-15,17H,1H3,(H,28,31)/b19-15-. The molecule has 0 saturated heterocycles. The Morgan fingerprint density at radius 3 is 2.53 bits per heavy atom. The molecule has 0 unspecified atom stereocenters. The molecule has 2 aromatic carbocycles. The van der Waals surface area contributed by atoms with Crippen molar-refractivity contribution in [2.45, 2.75) is 0 Å². The number of rotatable bonds is 6. The summed E-state index contributed by atoms with van der Waals surface area (Å²) in [4.78, 5) is 16.9. The van der Waals surface area contributed by atoms with Gasteiger partial charge in [-0.05, 0) is 42.5 Å². The topological polar surface area (TPSA) is 92.8 Å². The predicted molar refractivity (Wildman–Crippen MR) is 122 cm³/mol. The van der Waals surface area contributed by atoms with Crippen LogP contribution in [0.2, 0.25) is 0 Å². The molecule has 7 heteroatoms. The third-order valence-electron chi connectivity index (χ3n) is 4.58. The SMILES string of the molecule is Cn1cc(/C=C(/C#N)C(=O)Nc2ccccc2Oc2ccccc2)c(-c2ccncc2)n1. The Balaban J connectivity index is 1.61. The fraction of sp³-hybridized carbons (Fsp3) is 0.0400. The van der Waals surface area contributed by atoms with Gasteiger partial charge in [0.05, 0.1) is 11.4 Å². The van der Waals surface area contributed by atoms with Gasteiger partial charge in [0, 0.05) is 36.8 Å². The summed E-state index contributed by atoms with van der Waals surface area (Å²) >= 11 is 0. The van der Waals surface area contributed by atoms with Gasteiger partial charge in [-0.1, -0.05) is 30.3 Å². The number of anilines is 1. The van der Waals surface area contributed by atoms with Gasteiger partial charge >= 0.3 is 0 Å². The molecule has 2 heterocycles. The molecule has 0 aliphatic rings. The maximum absolute atomic E-state index is 12.9. The molecule has 0 aliphatic heterocycles. The first-order chi connectivity index (χ1) is 15.6. The molecule has 0 spiro atoms. The summed E-state index contributed by atoms with van der Waals surface area (Å²) in [5.74, 6) is 0.576. The Bertz CT molecular complexity index is 1310. The lowest BCUT2D eigenvalue weighted by Crippen LogP contribution is -2.14. The Morgan fingerprint density at radius 2 is 1.78 bits per heavy atom. The van der Waals surface area contributed by atoms with Crippen molar-refractivity contribution in [1.29, 1.82) is 5.26 Å². The van der Waals surface area contributed by atoms with Gasteiger partial charge in [-0.15, -0.1) is 0 Å². The highest BCUT2D eigenvalue weighted by atomic mass is 16.5. The summed E-state index contributed by atoms with van der Waals surface area (Å²) in [5, 5.41) is 16.9. The maximum Gasteiger partial charge on any atom is 0.266 e. The fourth-order valence-electron chi connectivity index (χ4n) is 3.11. The monoisotopic (exact) mass is 421 g/mol. The number of ether oxygens (including phenoxy) is 1. The average molecular weight is 421 g/mol. The van der Waals surface area contributed by atoms with E-state index in [9.17, 15) is 10.1 Å². The second-order valence-corrected chi connectivity index (χ2v) is 6.88. The number of aryl methyl sites for hydroxylation is 1. The Labute approximate surface area is 185 Å². The summed E-state index contributed by atoms with van der Waals surface area (Å²) in [7, 11) is 1.78. The lowest BCUT2D eigenvalue weighted by molar-refractivity contribution is -0.112. The molecule has 0 bridgehead atoms. The van der Waals surface area contributed by atoms with Gasteiger partial charge in [-0.25, -0.2) is 0 Å². The van der Waals surface area contributed by atoms with Crippen LogP contribution in [0.4, 0.5) is 5.69 Å². The molecule has 32 heavy (non-hydrogen) atoms. The molecule has 0 aliphatic carbocycles. The van der Waals surface area contributed by atoms with Crippen LogP contribution in [0.25, 0.3) is 17.3 Å². The van der Waals surface area contributed by atoms with E-state index in [1.807, 2.05) is 54.6 Å². The van der Waals surface area contributed by atoms with Crippen LogP contribution >= 0.6 is 0 Å². The molecule has 2 aromatic heterocycles. The average Bonchev–Trinajstić information content (AvgIpc) is 3.20. The summed E-state index contributed by atoms with van der Waals surface area (Å²) in [6.45, 7) is 0. The minimum atomic E-state index is -0.541. The molecule has 156 valence electrons. The van der Waals surface area contributed by atoms with E-state index < -0.39 is 5.91 Å². The summed E-state index contributed by atoms with van der Waals surface area (Å²) < 4.78 is 7.52. The largest absolute Gasteiger partial charge is 0.455 e. The quantitative estimate of drug-likeness (QED) is 0.356. The first-order valence-corrected chi connectivity index (χ1v) is 9.83. The van der Waals surface area contributed by atoms with E-state index in [-0.39, 0.29) is 5.57 Å². The van der Waals surface area contributed by atoms with Crippen LogP contribution in [0.1, 0.15) is 5.56 Å². The molecule has 0 fully saturated rings. The third-order valence-corrected chi connectivity index (χ3v) is 4.58. The van der Waals surface area contributed by atoms with Crippen molar-refractivity contribution in [3.63, 3.8) is 0 Å². The number of pyridine rings is 1. The molecule has 7 nitrogen and oxygen atoms in total. The number of hydrogen-bond donors (Lipinski definition) is 1. The van der Waals surface area contributed by atoms with Gasteiger partial charge in [0.25, 0.3) is 5.91 Å². The third kappa shape index (κ3) is 4.71. The number of hydrogen-bond acceptors (Lipinski definition) is 5. The minimum Gasteiger partial charge on any atom is -0.455 e. The van der Waals surface area contributed by atoms with E-state index >= 15 is 0 Å². The zero-order valence-corrected chi connectivity index (χ0v) is 17.3. The summed E-state index contributed by atoms with van der Waals surface area (Å²) in [6.07, 6.45) is 6.61. The van der Waals surface area contributed by atoms with E-state index in [2.05, 4.69) is 15.4 Å². The summed E-state index contributed by atoms with van der Waals surface area (Å²) in [5.41, 5.74) is 2.56. The van der Waals surface area contributed by atoms with Crippen LogP contribution in [0.3, 0.4) is 0 Å². The van der Waals surface area contributed by atoms with E-state index in [4.69, 9.17) is 4.74 Å². The molecule has 0 radical (unpaired) electrons. The molecule has 4 aromatic rings. The highest BCUT2D eigenvalue weighted by molar-refractivity contribution is 6.10. The van der Waals surface area contributed by atoms with Gasteiger partial charge in [0.1, 0.15) is 17.4 Å². The van der Waals surface area contributed by atoms with E-state index in [1.54, 1.807) is 48.5 Å². The molecular weight excluding hydrogens is 402 g/mol. The zero-order valence-electron chi connectivity index (χ0n) is 17.3. The van der Waals surface area contributed by atoms with Crippen LogP contribution in [-0.4, -0.2) is 20.7 Å². The predicted octanol–water partition coefficient (Wildman–Crippen LogP) is 4.82. The fourth-order valence-corrected chi connectivity index (χ4v) is 3.11. The van der Waals surface area contributed by atoms with Gasteiger partial charge < -0.3 is 10.1 Å². The first-order valence-electron chi connectivity index (χ1n) is 9.83. The van der Waals surface area contributed by atoms with Gasteiger partial charge in [-0.3, -0.25) is 14.5 Å². The zero-order chi connectivity index (χ0) is 22.3. The Morgan fingerprint density at radius 1 is 1.06 bits per heavy atom. The minimum absolute atomic E-state index is 0.0529. The number of nitriles is 1. The second kappa shape index (κ2) is 9.41. The Kier molecular flexibility index (Phi) is 6.05. The molecular formula is C25H19N5O2.